The van der Waals surface area contributed by atoms with Gasteiger partial charge >= 0.3 is 0 Å². The van der Waals surface area contributed by atoms with Crippen LogP contribution in [0.2, 0.25) is 0 Å². The van der Waals surface area contributed by atoms with Crippen molar-refractivity contribution in [2.45, 2.75) is 33.2 Å². The fourth-order valence-corrected chi connectivity index (χ4v) is 1.59. The van der Waals surface area contributed by atoms with Crippen LogP contribution in [0.15, 0.2) is 12.1 Å². The molecule has 0 atom stereocenters. The molecule has 74 valence electrons. The van der Waals surface area contributed by atoms with Gasteiger partial charge in [-0.3, -0.25) is 0 Å². The first-order valence-electron chi connectivity index (χ1n) is 4.67. The van der Waals surface area contributed by atoms with E-state index in [-0.39, 0.29) is 5.54 Å². The minimum absolute atomic E-state index is 0.387. The summed E-state index contributed by atoms with van der Waals surface area (Å²) in [5.74, 6) is 0. The molecule has 0 saturated carbocycles. The van der Waals surface area contributed by atoms with Crippen LogP contribution in [0.5, 0.6) is 0 Å². The number of aryl methyl sites for hydroxylation is 1. The maximum Gasteiger partial charge on any atom is 0.0991 e. The van der Waals surface area contributed by atoms with Crippen molar-refractivity contribution < 1.29 is 0 Å². The van der Waals surface area contributed by atoms with E-state index in [9.17, 15) is 0 Å². The molecule has 0 heterocycles. The predicted molar refractivity (Wildman–Crippen MR) is 57.8 cm³/mol. The zero-order valence-corrected chi connectivity index (χ0v) is 9.18. The van der Waals surface area contributed by atoms with E-state index in [4.69, 9.17) is 11.0 Å². The maximum absolute atomic E-state index is 8.85. The maximum atomic E-state index is 8.85. The summed E-state index contributed by atoms with van der Waals surface area (Å²) in [5.41, 5.74) is 9.69. The molecule has 0 spiro atoms. The monoisotopic (exact) mass is 188 g/mol. The van der Waals surface area contributed by atoms with Gasteiger partial charge in [-0.1, -0.05) is 0 Å². The van der Waals surface area contributed by atoms with Gasteiger partial charge in [-0.2, -0.15) is 5.26 Å². The van der Waals surface area contributed by atoms with Crippen LogP contribution in [-0.2, 0) is 5.54 Å². The highest BCUT2D eigenvalue weighted by atomic mass is 14.7. The van der Waals surface area contributed by atoms with Crippen LogP contribution >= 0.6 is 0 Å². The van der Waals surface area contributed by atoms with E-state index >= 15 is 0 Å². The second-order valence-electron chi connectivity index (χ2n) is 4.30. The van der Waals surface area contributed by atoms with Gasteiger partial charge in [0.15, 0.2) is 0 Å². The molecule has 0 fully saturated rings. The van der Waals surface area contributed by atoms with Crippen LogP contribution in [0.25, 0.3) is 0 Å². The first-order chi connectivity index (χ1) is 6.36. The Bertz CT molecular complexity index is 392. The molecule has 1 aromatic carbocycles. The highest BCUT2D eigenvalue weighted by Crippen LogP contribution is 2.24. The smallest absolute Gasteiger partial charge is 0.0991 e. The van der Waals surface area contributed by atoms with E-state index in [1.54, 1.807) is 0 Å². The topological polar surface area (TPSA) is 49.8 Å². The quantitative estimate of drug-likeness (QED) is 0.735. The molecule has 0 aliphatic carbocycles. The van der Waals surface area contributed by atoms with E-state index in [0.29, 0.717) is 5.56 Å². The van der Waals surface area contributed by atoms with E-state index in [1.165, 1.54) is 5.56 Å². The fourth-order valence-electron chi connectivity index (χ4n) is 1.59. The molecule has 0 bridgehead atoms. The van der Waals surface area contributed by atoms with Gasteiger partial charge in [-0.05, 0) is 56.5 Å². The van der Waals surface area contributed by atoms with E-state index < -0.39 is 0 Å². The summed E-state index contributed by atoms with van der Waals surface area (Å²) in [6.45, 7) is 7.96. The van der Waals surface area contributed by atoms with Crippen molar-refractivity contribution in [2.24, 2.45) is 5.73 Å². The Hall–Kier alpha value is -1.33. The van der Waals surface area contributed by atoms with Gasteiger partial charge in [0.05, 0.1) is 11.6 Å². The average molecular weight is 188 g/mol. The lowest BCUT2D eigenvalue weighted by Crippen LogP contribution is -2.30. The standard InChI is InChI=1S/C12H16N2/c1-8-5-10(7-13)6-11(9(8)2)12(3,4)14/h5-6H,14H2,1-4H3. The van der Waals surface area contributed by atoms with Crippen molar-refractivity contribution >= 4 is 0 Å². The Balaban J connectivity index is 3.44. The summed E-state index contributed by atoms with van der Waals surface area (Å²) in [5, 5.41) is 8.85. The minimum atomic E-state index is -0.387. The third kappa shape index (κ3) is 1.94. The molecule has 0 unspecified atom stereocenters. The number of hydrogen-bond donors (Lipinski definition) is 1. The van der Waals surface area contributed by atoms with Crippen LogP contribution in [-0.4, -0.2) is 0 Å². The van der Waals surface area contributed by atoms with Crippen molar-refractivity contribution in [2.75, 3.05) is 0 Å². The predicted octanol–water partition coefficient (Wildman–Crippen LogP) is 2.37. The molecular weight excluding hydrogens is 172 g/mol. The van der Waals surface area contributed by atoms with E-state index in [0.717, 1.165) is 11.1 Å². The molecule has 2 heteroatoms. The molecule has 0 aliphatic heterocycles. The summed E-state index contributed by atoms with van der Waals surface area (Å²) in [4.78, 5) is 0. The van der Waals surface area contributed by atoms with Gasteiger partial charge in [0.25, 0.3) is 0 Å². The zero-order valence-electron chi connectivity index (χ0n) is 9.18. The van der Waals surface area contributed by atoms with Crippen LogP contribution in [0.4, 0.5) is 0 Å². The van der Waals surface area contributed by atoms with Crippen LogP contribution in [0.1, 0.15) is 36.1 Å². The largest absolute Gasteiger partial charge is 0.322 e. The summed E-state index contributed by atoms with van der Waals surface area (Å²) >= 11 is 0. The number of nitrogens with zero attached hydrogens (tertiary/aromatic N) is 1. The SMILES string of the molecule is Cc1cc(C#N)cc(C(C)(C)N)c1C. The third-order valence-corrected chi connectivity index (χ3v) is 2.49. The lowest BCUT2D eigenvalue weighted by molar-refractivity contribution is 0.550. The molecule has 0 aliphatic rings. The highest BCUT2D eigenvalue weighted by Gasteiger charge is 2.18. The molecule has 2 N–H and O–H groups in total. The van der Waals surface area contributed by atoms with Crippen LogP contribution in [0.3, 0.4) is 0 Å². The lowest BCUT2D eigenvalue weighted by Gasteiger charge is -2.23. The van der Waals surface area contributed by atoms with Crippen molar-refractivity contribution in [3.63, 3.8) is 0 Å². The number of nitriles is 1. The Kier molecular flexibility index (Phi) is 2.64. The molecule has 0 amide bonds. The molecule has 0 aromatic heterocycles. The Morgan fingerprint density at radius 1 is 1.29 bits per heavy atom. The summed E-state index contributed by atoms with van der Waals surface area (Å²) in [6, 6.07) is 5.92. The van der Waals surface area contributed by atoms with E-state index in [2.05, 4.69) is 6.07 Å². The first-order valence-corrected chi connectivity index (χ1v) is 4.67. The molecule has 1 aromatic rings. The normalized spacial score (nSPS) is 11.1. The Labute approximate surface area is 85.4 Å². The van der Waals surface area contributed by atoms with Crippen molar-refractivity contribution in [3.8, 4) is 6.07 Å². The second kappa shape index (κ2) is 3.43. The summed E-state index contributed by atoms with van der Waals surface area (Å²) < 4.78 is 0. The van der Waals surface area contributed by atoms with Gasteiger partial charge < -0.3 is 5.73 Å². The highest BCUT2D eigenvalue weighted by molar-refractivity contribution is 5.45. The number of rotatable bonds is 1. The van der Waals surface area contributed by atoms with Crippen LogP contribution in [0, 0.1) is 25.2 Å². The molecule has 2 nitrogen and oxygen atoms in total. The molecule has 1 rings (SSSR count). The molecular formula is C12H16N2. The number of hydrogen-bond acceptors (Lipinski definition) is 2. The first kappa shape index (κ1) is 10.7. The Morgan fingerprint density at radius 2 is 1.86 bits per heavy atom. The number of nitrogens with two attached hydrogens (primary N) is 1. The summed E-state index contributed by atoms with van der Waals surface area (Å²) in [6.07, 6.45) is 0. The van der Waals surface area contributed by atoms with Gasteiger partial charge in [0, 0.05) is 5.54 Å². The van der Waals surface area contributed by atoms with Gasteiger partial charge in [0.2, 0.25) is 0 Å². The Morgan fingerprint density at radius 3 is 2.29 bits per heavy atom. The molecule has 14 heavy (non-hydrogen) atoms. The third-order valence-electron chi connectivity index (χ3n) is 2.49. The second-order valence-corrected chi connectivity index (χ2v) is 4.30. The van der Waals surface area contributed by atoms with Crippen molar-refractivity contribution in [1.29, 1.82) is 5.26 Å². The zero-order chi connectivity index (χ0) is 10.9. The van der Waals surface area contributed by atoms with Gasteiger partial charge in [0.1, 0.15) is 0 Å². The average Bonchev–Trinajstić information content (AvgIpc) is 2.07. The van der Waals surface area contributed by atoms with Crippen molar-refractivity contribution in [3.05, 3.63) is 34.4 Å². The fraction of sp³-hybridized carbons (Fsp3) is 0.417. The molecule has 0 saturated heterocycles. The number of benzene rings is 1. The van der Waals surface area contributed by atoms with E-state index in [1.807, 2.05) is 39.8 Å². The van der Waals surface area contributed by atoms with Crippen molar-refractivity contribution in [1.82, 2.24) is 0 Å². The summed E-state index contributed by atoms with van der Waals surface area (Å²) in [7, 11) is 0. The van der Waals surface area contributed by atoms with Gasteiger partial charge in [-0.25, -0.2) is 0 Å². The molecule has 0 radical (unpaired) electrons. The minimum Gasteiger partial charge on any atom is -0.322 e. The lowest BCUT2D eigenvalue weighted by atomic mass is 9.88. The van der Waals surface area contributed by atoms with Gasteiger partial charge in [-0.15, -0.1) is 0 Å². The van der Waals surface area contributed by atoms with Crippen LogP contribution < -0.4 is 5.73 Å².